The van der Waals surface area contributed by atoms with Crippen molar-refractivity contribution < 1.29 is 9.47 Å². The zero-order valence-electron chi connectivity index (χ0n) is 11.4. The molecule has 0 amide bonds. The summed E-state index contributed by atoms with van der Waals surface area (Å²) in [4.78, 5) is 4.32. The first-order valence-corrected chi connectivity index (χ1v) is 5.81. The molecule has 0 bridgehead atoms. The summed E-state index contributed by atoms with van der Waals surface area (Å²) in [6.07, 6.45) is 0. The van der Waals surface area contributed by atoms with Crippen molar-refractivity contribution in [3.63, 3.8) is 0 Å². The van der Waals surface area contributed by atoms with Crippen molar-refractivity contribution in [1.29, 1.82) is 0 Å². The highest BCUT2D eigenvalue weighted by molar-refractivity contribution is 5.76. The minimum absolute atomic E-state index is 0.606. The average molecular weight is 260 g/mol. The van der Waals surface area contributed by atoms with Crippen molar-refractivity contribution in [3.05, 3.63) is 24.0 Å². The number of hydrogen-bond donors (Lipinski definition) is 1. The van der Waals surface area contributed by atoms with E-state index in [-0.39, 0.29) is 0 Å². The SMILES string of the molecule is CNc1nc(C)nnc1-c1cc(OC)ccc1OC. The van der Waals surface area contributed by atoms with Gasteiger partial charge in [-0.25, -0.2) is 4.98 Å². The number of nitrogens with one attached hydrogen (secondary N) is 1. The molecule has 0 saturated heterocycles. The first kappa shape index (κ1) is 13.1. The molecule has 0 atom stereocenters. The molecule has 0 fully saturated rings. The lowest BCUT2D eigenvalue weighted by atomic mass is 10.1. The van der Waals surface area contributed by atoms with Crippen LogP contribution in [0.2, 0.25) is 0 Å². The van der Waals surface area contributed by atoms with Crippen LogP contribution < -0.4 is 14.8 Å². The topological polar surface area (TPSA) is 69.2 Å². The van der Waals surface area contributed by atoms with E-state index in [1.165, 1.54) is 0 Å². The van der Waals surface area contributed by atoms with Gasteiger partial charge in [-0.15, -0.1) is 10.2 Å². The molecule has 6 heteroatoms. The van der Waals surface area contributed by atoms with Crippen LogP contribution in [0.1, 0.15) is 5.82 Å². The molecule has 100 valence electrons. The van der Waals surface area contributed by atoms with Crippen LogP contribution in [-0.4, -0.2) is 36.4 Å². The number of benzene rings is 1. The minimum Gasteiger partial charge on any atom is -0.497 e. The summed E-state index contributed by atoms with van der Waals surface area (Å²) in [6.45, 7) is 1.79. The highest BCUT2D eigenvalue weighted by Crippen LogP contribution is 2.34. The largest absolute Gasteiger partial charge is 0.497 e. The number of aryl methyl sites for hydroxylation is 1. The van der Waals surface area contributed by atoms with Gasteiger partial charge in [0.25, 0.3) is 0 Å². The summed E-state index contributed by atoms with van der Waals surface area (Å²) in [5, 5.41) is 11.2. The molecule has 0 unspecified atom stereocenters. The molecule has 2 aromatic rings. The maximum absolute atomic E-state index is 5.35. The van der Waals surface area contributed by atoms with E-state index < -0.39 is 0 Å². The van der Waals surface area contributed by atoms with Crippen molar-refractivity contribution >= 4 is 5.82 Å². The van der Waals surface area contributed by atoms with Crippen LogP contribution in [0.4, 0.5) is 5.82 Å². The zero-order valence-corrected chi connectivity index (χ0v) is 11.4. The first-order chi connectivity index (χ1) is 9.19. The third-order valence-corrected chi connectivity index (χ3v) is 2.69. The predicted molar refractivity (Wildman–Crippen MR) is 72.7 cm³/mol. The summed E-state index contributed by atoms with van der Waals surface area (Å²) >= 11 is 0. The first-order valence-electron chi connectivity index (χ1n) is 5.81. The fraction of sp³-hybridized carbons (Fsp3) is 0.308. The Morgan fingerprint density at radius 3 is 2.53 bits per heavy atom. The van der Waals surface area contributed by atoms with Gasteiger partial charge in [-0.3, -0.25) is 0 Å². The molecule has 0 aliphatic carbocycles. The molecular formula is C13H16N4O2. The molecule has 0 spiro atoms. The normalized spacial score (nSPS) is 10.1. The van der Waals surface area contributed by atoms with E-state index in [9.17, 15) is 0 Å². The Kier molecular flexibility index (Phi) is 3.79. The molecule has 0 aliphatic heterocycles. The maximum atomic E-state index is 5.35. The van der Waals surface area contributed by atoms with Gasteiger partial charge in [-0.1, -0.05) is 0 Å². The van der Waals surface area contributed by atoms with E-state index in [2.05, 4.69) is 20.5 Å². The molecular weight excluding hydrogens is 244 g/mol. The Balaban J connectivity index is 2.62. The van der Waals surface area contributed by atoms with Gasteiger partial charge in [0.15, 0.2) is 5.82 Å². The Hall–Kier alpha value is -2.37. The second-order valence-corrected chi connectivity index (χ2v) is 3.87. The maximum Gasteiger partial charge on any atom is 0.156 e. The molecule has 1 N–H and O–H groups in total. The van der Waals surface area contributed by atoms with Crippen LogP contribution in [0.3, 0.4) is 0 Å². The van der Waals surface area contributed by atoms with E-state index >= 15 is 0 Å². The third kappa shape index (κ3) is 2.57. The van der Waals surface area contributed by atoms with Crippen LogP contribution in [-0.2, 0) is 0 Å². The number of methoxy groups -OCH3 is 2. The number of hydrogen-bond acceptors (Lipinski definition) is 6. The number of aromatic nitrogens is 3. The van der Waals surface area contributed by atoms with Crippen molar-refractivity contribution in [2.24, 2.45) is 0 Å². The van der Waals surface area contributed by atoms with Crippen LogP contribution >= 0.6 is 0 Å². The van der Waals surface area contributed by atoms with Gasteiger partial charge >= 0.3 is 0 Å². The zero-order chi connectivity index (χ0) is 13.8. The van der Waals surface area contributed by atoms with Gasteiger partial charge < -0.3 is 14.8 Å². The number of rotatable bonds is 4. The summed E-state index contributed by atoms with van der Waals surface area (Å²) in [5.41, 5.74) is 1.41. The van der Waals surface area contributed by atoms with Crippen molar-refractivity contribution in [2.45, 2.75) is 6.92 Å². The van der Waals surface area contributed by atoms with E-state index in [0.29, 0.717) is 23.1 Å². The van der Waals surface area contributed by atoms with E-state index in [1.54, 1.807) is 28.2 Å². The Morgan fingerprint density at radius 2 is 1.89 bits per heavy atom. The summed E-state index contributed by atoms with van der Waals surface area (Å²) < 4.78 is 10.6. The van der Waals surface area contributed by atoms with Gasteiger partial charge in [-0.2, -0.15) is 0 Å². The standard InChI is InChI=1S/C13H16N4O2/c1-8-15-13(14-2)12(17-16-8)10-7-9(18-3)5-6-11(10)19-4/h5-7H,1-4H3,(H,14,15,16). The lowest BCUT2D eigenvalue weighted by molar-refractivity contribution is 0.404. The van der Waals surface area contributed by atoms with Crippen LogP contribution in [0.5, 0.6) is 11.5 Å². The minimum atomic E-state index is 0.606. The summed E-state index contributed by atoms with van der Waals surface area (Å²) in [7, 11) is 5.02. The lowest BCUT2D eigenvalue weighted by Crippen LogP contribution is -2.03. The Labute approximate surface area is 111 Å². The number of anilines is 1. The van der Waals surface area contributed by atoms with E-state index in [4.69, 9.17) is 9.47 Å². The van der Waals surface area contributed by atoms with Crippen LogP contribution in [0.15, 0.2) is 18.2 Å². The molecule has 0 aliphatic rings. The molecule has 1 aromatic carbocycles. The number of nitrogens with zero attached hydrogens (tertiary/aromatic N) is 3. The molecule has 1 aromatic heterocycles. The Bertz CT molecular complexity index is 587. The average Bonchev–Trinajstić information content (AvgIpc) is 2.46. The Morgan fingerprint density at radius 1 is 1.11 bits per heavy atom. The van der Waals surface area contributed by atoms with Gasteiger partial charge in [0.2, 0.25) is 0 Å². The van der Waals surface area contributed by atoms with Crippen molar-refractivity contribution in [3.8, 4) is 22.8 Å². The summed E-state index contributed by atoms with van der Waals surface area (Å²) in [6, 6.07) is 5.51. The van der Waals surface area contributed by atoms with Crippen LogP contribution in [0.25, 0.3) is 11.3 Å². The second kappa shape index (κ2) is 5.51. The van der Waals surface area contributed by atoms with E-state index in [1.807, 2.05) is 18.2 Å². The second-order valence-electron chi connectivity index (χ2n) is 3.87. The highest BCUT2D eigenvalue weighted by Gasteiger charge is 2.15. The molecule has 2 rings (SSSR count). The third-order valence-electron chi connectivity index (χ3n) is 2.69. The fourth-order valence-electron chi connectivity index (χ4n) is 1.76. The monoisotopic (exact) mass is 260 g/mol. The quantitative estimate of drug-likeness (QED) is 0.905. The summed E-state index contributed by atoms with van der Waals surface area (Å²) in [5.74, 6) is 2.67. The van der Waals surface area contributed by atoms with Gasteiger partial charge in [0.05, 0.1) is 19.8 Å². The molecule has 19 heavy (non-hydrogen) atoms. The van der Waals surface area contributed by atoms with Crippen molar-refractivity contribution in [1.82, 2.24) is 15.2 Å². The fourth-order valence-corrected chi connectivity index (χ4v) is 1.76. The molecule has 6 nitrogen and oxygen atoms in total. The molecule has 0 radical (unpaired) electrons. The highest BCUT2D eigenvalue weighted by atomic mass is 16.5. The van der Waals surface area contributed by atoms with Gasteiger partial charge in [0.1, 0.15) is 23.0 Å². The van der Waals surface area contributed by atoms with Gasteiger partial charge in [0, 0.05) is 7.05 Å². The van der Waals surface area contributed by atoms with Crippen molar-refractivity contribution in [2.75, 3.05) is 26.6 Å². The lowest BCUT2D eigenvalue weighted by Gasteiger charge is -2.12. The number of ether oxygens (including phenoxy) is 2. The van der Waals surface area contributed by atoms with Gasteiger partial charge in [-0.05, 0) is 25.1 Å². The van der Waals surface area contributed by atoms with Crippen LogP contribution in [0, 0.1) is 6.92 Å². The smallest absolute Gasteiger partial charge is 0.156 e. The predicted octanol–water partition coefficient (Wildman–Crippen LogP) is 1.91. The molecule has 0 saturated carbocycles. The molecule has 1 heterocycles. The van der Waals surface area contributed by atoms with E-state index in [0.717, 1.165) is 11.3 Å².